The van der Waals surface area contributed by atoms with Crippen molar-refractivity contribution in [3.8, 4) is 0 Å². The van der Waals surface area contributed by atoms with Gasteiger partial charge in [0.25, 0.3) is 0 Å². The van der Waals surface area contributed by atoms with Crippen molar-refractivity contribution in [2.75, 3.05) is 25.6 Å². The van der Waals surface area contributed by atoms with E-state index >= 15 is 0 Å². The highest BCUT2D eigenvalue weighted by molar-refractivity contribution is 7.98. The lowest BCUT2D eigenvalue weighted by Gasteiger charge is -2.19. The molecule has 0 aliphatic carbocycles. The van der Waals surface area contributed by atoms with Crippen LogP contribution in [-0.2, 0) is 12.7 Å². The van der Waals surface area contributed by atoms with Crippen LogP contribution in [0, 0.1) is 0 Å². The van der Waals surface area contributed by atoms with Gasteiger partial charge in [-0.2, -0.15) is 24.9 Å². The second kappa shape index (κ2) is 6.31. The third kappa shape index (κ3) is 4.60. The van der Waals surface area contributed by atoms with Crippen LogP contribution in [-0.4, -0.2) is 30.5 Å². The molecule has 0 bridgehead atoms. The standard InChI is InChI=1S/C12H16F3NS/c1-16(7-8-17-2)9-10-5-3-4-6-11(10)12(13,14)15/h3-6H,7-9H2,1-2H3. The maximum Gasteiger partial charge on any atom is 0.416 e. The van der Waals surface area contributed by atoms with Crippen molar-refractivity contribution in [2.45, 2.75) is 12.7 Å². The molecule has 1 aromatic rings. The zero-order valence-corrected chi connectivity index (χ0v) is 10.7. The van der Waals surface area contributed by atoms with Gasteiger partial charge in [-0.1, -0.05) is 18.2 Å². The minimum atomic E-state index is -4.27. The molecule has 5 heteroatoms. The quantitative estimate of drug-likeness (QED) is 0.800. The molecule has 1 rings (SSSR count). The van der Waals surface area contributed by atoms with Crippen LogP contribution < -0.4 is 0 Å². The molecule has 0 N–H and O–H groups in total. The van der Waals surface area contributed by atoms with Gasteiger partial charge in [0.2, 0.25) is 0 Å². The summed E-state index contributed by atoms with van der Waals surface area (Å²) in [6.07, 6.45) is -2.28. The first-order valence-corrected chi connectivity index (χ1v) is 6.67. The van der Waals surface area contributed by atoms with E-state index in [-0.39, 0.29) is 0 Å². The maximum absolute atomic E-state index is 12.7. The van der Waals surface area contributed by atoms with Crippen molar-refractivity contribution in [3.63, 3.8) is 0 Å². The summed E-state index contributed by atoms with van der Waals surface area (Å²) in [5.74, 6) is 0.921. The van der Waals surface area contributed by atoms with Gasteiger partial charge in [-0.3, -0.25) is 0 Å². The Morgan fingerprint density at radius 2 is 1.88 bits per heavy atom. The molecular formula is C12H16F3NS. The monoisotopic (exact) mass is 263 g/mol. The van der Waals surface area contributed by atoms with E-state index in [4.69, 9.17) is 0 Å². The van der Waals surface area contributed by atoms with Crippen molar-refractivity contribution >= 4 is 11.8 Å². The lowest BCUT2D eigenvalue weighted by Crippen LogP contribution is -2.22. The molecule has 0 saturated carbocycles. The molecular weight excluding hydrogens is 247 g/mol. The first-order valence-electron chi connectivity index (χ1n) is 5.27. The van der Waals surface area contributed by atoms with Crippen LogP contribution in [0.2, 0.25) is 0 Å². The predicted molar refractivity (Wildman–Crippen MR) is 66.2 cm³/mol. The molecule has 0 radical (unpaired) electrons. The Morgan fingerprint density at radius 3 is 2.47 bits per heavy atom. The van der Waals surface area contributed by atoms with E-state index in [1.807, 2.05) is 18.2 Å². The minimum absolute atomic E-state index is 0.330. The third-order valence-electron chi connectivity index (χ3n) is 2.44. The average Bonchev–Trinajstić information content (AvgIpc) is 2.25. The third-order valence-corrected chi connectivity index (χ3v) is 3.03. The minimum Gasteiger partial charge on any atom is -0.301 e. The van der Waals surface area contributed by atoms with Crippen LogP contribution in [0.5, 0.6) is 0 Å². The molecule has 0 aromatic heterocycles. The summed E-state index contributed by atoms with van der Waals surface area (Å²) in [4.78, 5) is 1.90. The van der Waals surface area contributed by atoms with E-state index < -0.39 is 11.7 Å². The Hall–Kier alpha value is -0.680. The summed E-state index contributed by atoms with van der Waals surface area (Å²) in [6, 6.07) is 5.75. The van der Waals surface area contributed by atoms with Crippen LogP contribution in [0.3, 0.4) is 0 Å². The van der Waals surface area contributed by atoms with Gasteiger partial charge in [-0.15, -0.1) is 0 Å². The summed E-state index contributed by atoms with van der Waals surface area (Å²) in [5.41, 5.74) is -0.195. The average molecular weight is 263 g/mol. The topological polar surface area (TPSA) is 3.24 Å². The Morgan fingerprint density at radius 1 is 1.24 bits per heavy atom. The van der Waals surface area contributed by atoms with Crippen LogP contribution in [0.1, 0.15) is 11.1 Å². The first-order chi connectivity index (χ1) is 7.95. The van der Waals surface area contributed by atoms with Crippen molar-refractivity contribution in [1.82, 2.24) is 4.90 Å². The number of halogens is 3. The van der Waals surface area contributed by atoms with E-state index in [0.717, 1.165) is 18.4 Å². The summed E-state index contributed by atoms with van der Waals surface area (Å²) in [6.45, 7) is 1.11. The summed E-state index contributed by atoms with van der Waals surface area (Å²) < 4.78 is 38.2. The van der Waals surface area contributed by atoms with E-state index in [0.29, 0.717) is 12.1 Å². The smallest absolute Gasteiger partial charge is 0.301 e. The molecule has 0 heterocycles. The number of hydrogen-bond donors (Lipinski definition) is 0. The molecule has 17 heavy (non-hydrogen) atoms. The van der Waals surface area contributed by atoms with Gasteiger partial charge >= 0.3 is 6.18 Å². The molecule has 0 aliphatic heterocycles. The van der Waals surface area contributed by atoms with Crippen LogP contribution in [0.4, 0.5) is 13.2 Å². The van der Waals surface area contributed by atoms with E-state index in [1.165, 1.54) is 6.07 Å². The predicted octanol–water partition coefficient (Wildman–Crippen LogP) is 3.50. The van der Waals surface area contributed by atoms with Crippen molar-refractivity contribution < 1.29 is 13.2 Å². The van der Waals surface area contributed by atoms with Gasteiger partial charge in [0.05, 0.1) is 5.56 Å². The normalized spacial score (nSPS) is 12.1. The highest BCUT2D eigenvalue weighted by Gasteiger charge is 2.32. The molecule has 0 fully saturated rings. The molecule has 0 spiro atoms. The lowest BCUT2D eigenvalue weighted by molar-refractivity contribution is -0.138. The number of benzene rings is 1. The van der Waals surface area contributed by atoms with E-state index in [2.05, 4.69) is 0 Å². The van der Waals surface area contributed by atoms with Crippen LogP contribution >= 0.6 is 11.8 Å². The number of nitrogens with zero attached hydrogens (tertiary/aromatic N) is 1. The van der Waals surface area contributed by atoms with Gasteiger partial charge in [-0.25, -0.2) is 0 Å². The van der Waals surface area contributed by atoms with Crippen molar-refractivity contribution in [2.24, 2.45) is 0 Å². The SMILES string of the molecule is CSCCN(C)Cc1ccccc1C(F)(F)F. The molecule has 0 saturated heterocycles. The second-order valence-electron chi connectivity index (χ2n) is 3.89. The Balaban J connectivity index is 2.77. The Labute approximate surface area is 104 Å². The first kappa shape index (κ1) is 14.4. The van der Waals surface area contributed by atoms with Crippen molar-refractivity contribution in [3.05, 3.63) is 35.4 Å². The number of rotatable bonds is 5. The largest absolute Gasteiger partial charge is 0.416 e. The van der Waals surface area contributed by atoms with Gasteiger partial charge in [0.1, 0.15) is 0 Å². The second-order valence-corrected chi connectivity index (χ2v) is 4.87. The molecule has 1 nitrogen and oxygen atoms in total. The van der Waals surface area contributed by atoms with Gasteiger partial charge in [-0.05, 0) is 24.9 Å². The van der Waals surface area contributed by atoms with Crippen LogP contribution in [0.25, 0.3) is 0 Å². The number of thioether (sulfide) groups is 1. The molecule has 1 aromatic carbocycles. The fourth-order valence-corrected chi connectivity index (χ4v) is 2.05. The van der Waals surface area contributed by atoms with E-state index in [1.54, 1.807) is 23.9 Å². The van der Waals surface area contributed by atoms with Crippen molar-refractivity contribution in [1.29, 1.82) is 0 Å². The number of alkyl halides is 3. The van der Waals surface area contributed by atoms with Gasteiger partial charge in [0.15, 0.2) is 0 Å². The summed E-state index contributed by atoms with van der Waals surface area (Å²) in [7, 11) is 1.84. The molecule has 0 amide bonds. The highest BCUT2D eigenvalue weighted by atomic mass is 32.2. The molecule has 96 valence electrons. The molecule has 0 aliphatic rings. The Kier molecular flexibility index (Phi) is 5.33. The van der Waals surface area contributed by atoms with Gasteiger partial charge in [0, 0.05) is 18.8 Å². The fourth-order valence-electron chi connectivity index (χ4n) is 1.55. The van der Waals surface area contributed by atoms with Gasteiger partial charge < -0.3 is 4.90 Å². The molecule has 0 atom stereocenters. The maximum atomic E-state index is 12.7. The Bertz CT molecular complexity index is 352. The zero-order chi connectivity index (χ0) is 12.9. The fraction of sp³-hybridized carbons (Fsp3) is 0.500. The summed E-state index contributed by atoms with van der Waals surface area (Å²) in [5, 5.41) is 0. The van der Waals surface area contributed by atoms with E-state index in [9.17, 15) is 13.2 Å². The zero-order valence-electron chi connectivity index (χ0n) is 9.92. The molecule has 0 unspecified atom stereocenters. The highest BCUT2D eigenvalue weighted by Crippen LogP contribution is 2.32. The lowest BCUT2D eigenvalue weighted by atomic mass is 10.1. The summed E-state index contributed by atoms with van der Waals surface area (Å²) >= 11 is 1.69. The van der Waals surface area contributed by atoms with Crippen LogP contribution in [0.15, 0.2) is 24.3 Å². The number of hydrogen-bond acceptors (Lipinski definition) is 2.